The van der Waals surface area contributed by atoms with Crippen LogP contribution in [0.15, 0.2) is 48.8 Å². The van der Waals surface area contributed by atoms with Crippen molar-refractivity contribution in [2.75, 3.05) is 31.6 Å². The molecule has 2 aromatic rings. The number of ether oxygens (including phenoxy) is 1. The largest absolute Gasteiger partial charge is 0.494 e. The highest BCUT2D eigenvalue weighted by atomic mass is 16.5. The van der Waals surface area contributed by atoms with E-state index in [4.69, 9.17) is 9.84 Å². The van der Waals surface area contributed by atoms with Crippen LogP contribution < -0.4 is 26.0 Å². The van der Waals surface area contributed by atoms with E-state index in [1.54, 1.807) is 36.7 Å². The van der Waals surface area contributed by atoms with Gasteiger partial charge in [-0.05, 0) is 55.2 Å². The van der Waals surface area contributed by atoms with E-state index in [-0.39, 0.29) is 31.4 Å². The molecule has 0 saturated carbocycles. The number of carbonyl (C=O) groups is 3. The first-order valence-electron chi connectivity index (χ1n) is 16.3. The number of carbonyl (C=O) groups excluding carboxylic acids is 3. The van der Waals surface area contributed by atoms with Crippen LogP contribution in [0.4, 0.5) is 5.69 Å². The normalized spacial score (nSPS) is 11.4. The van der Waals surface area contributed by atoms with Crippen LogP contribution in [0.5, 0.6) is 5.75 Å². The van der Waals surface area contributed by atoms with Gasteiger partial charge >= 0.3 is 0 Å². The number of unbranched alkanes of at least 4 members (excludes halogenated alkanes) is 9. The van der Waals surface area contributed by atoms with Gasteiger partial charge in [-0.1, -0.05) is 70.8 Å². The zero-order valence-electron chi connectivity index (χ0n) is 26.5. The van der Waals surface area contributed by atoms with Gasteiger partial charge in [-0.2, -0.15) is 0 Å². The van der Waals surface area contributed by atoms with Crippen molar-refractivity contribution in [1.82, 2.24) is 20.9 Å². The molecule has 0 aliphatic heterocycles. The summed E-state index contributed by atoms with van der Waals surface area (Å²) in [5.74, 6) is -0.0567. The number of aliphatic hydroxyl groups excluding tert-OH is 1. The molecule has 3 amide bonds. The summed E-state index contributed by atoms with van der Waals surface area (Å²) in [5, 5.41) is 20.4. The van der Waals surface area contributed by atoms with Gasteiger partial charge in [0.2, 0.25) is 11.8 Å². The van der Waals surface area contributed by atoms with Crippen LogP contribution in [-0.2, 0) is 20.8 Å². The van der Waals surface area contributed by atoms with E-state index in [9.17, 15) is 14.4 Å². The predicted molar refractivity (Wildman–Crippen MR) is 174 cm³/mol. The zero-order valence-corrected chi connectivity index (χ0v) is 26.5. The Morgan fingerprint density at radius 1 is 0.818 bits per heavy atom. The highest BCUT2D eigenvalue weighted by Crippen LogP contribution is 2.17. The van der Waals surface area contributed by atoms with E-state index in [1.165, 1.54) is 51.4 Å². The maximum absolute atomic E-state index is 12.6. The zero-order chi connectivity index (χ0) is 31.7. The summed E-state index contributed by atoms with van der Waals surface area (Å²) in [7, 11) is 0. The molecule has 0 radical (unpaired) electrons. The van der Waals surface area contributed by atoms with Gasteiger partial charge < -0.3 is 31.1 Å². The molecule has 2 rings (SSSR count). The van der Waals surface area contributed by atoms with Crippen molar-refractivity contribution in [3.05, 3.63) is 54.4 Å². The number of pyridine rings is 1. The standard InChI is InChI=1S/C34H53N5O5/c1-2-3-4-5-6-7-8-9-10-11-23-36-31(41)15-13-26-44-30-19-17-29(18-20-30)38-33(34(43)37-24-25-40)39-32(42)21-16-28-14-12-22-35-27-28/h12,14,17-20,22,27,33,38,40H,2-11,13,15-16,21,23-26H2,1H3,(H,36,41)(H,37,43)(H,39,42). The monoisotopic (exact) mass is 611 g/mol. The second-order valence-electron chi connectivity index (χ2n) is 11.0. The Labute approximate surface area is 263 Å². The topological polar surface area (TPSA) is 142 Å². The minimum atomic E-state index is -1.02. The van der Waals surface area contributed by atoms with Crippen molar-refractivity contribution < 1.29 is 24.2 Å². The third-order valence-electron chi connectivity index (χ3n) is 7.18. The Bertz CT molecular complexity index is 1050. The quantitative estimate of drug-likeness (QED) is 0.0796. The van der Waals surface area contributed by atoms with E-state index < -0.39 is 12.1 Å². The summed E-state index contributed by atoms with van der Waals surface area (Å²) in [6.07, 6.45) is 16.8. The number of benzene rings is 1. The fraction of sp³-hybridized carbons (Fsp3) is 0.588. The van der Waals surface area contributed by atoms with Crippen molar-refractivity contribution in [3.63, 3.8) is 0 Å². The minimum Gasteiger partial charge on any atom is -0.494 e. The van der Waals surface area contributed by atoms with Crippen LogP contribution >= 0.6 is 0 Å². The number of rotatable bonds is 25. The molecule has 0 fully saturated rings. The average Bonchev–Trinajstić information content (AvgIpc) is 3.04. The number of hydrogen-bond donors (Lipinski definition) is 5. The number of hydrogen-bond acceptors (Lipinski definition) is 7. The van der Waals surface area contributed by atoms with Crippen LogP contribution in [0.3, 0.4) is 0 Å². The summed E-state index contributed by atoms with van der Waals surface area (Å²) in [6.45, 7) is 3.26. The average molecular weight is 612 g/mol. The third-order valence-corrected chi connectivity index (χ3v) is 7.18. The van der Waals surface area contributed by atoms with Gasteiger partial charge in [0.05, 0.1) is 13.2 Å². The summed E-state index contributed by atoms with van der Waals surface area (Å²) in [4.78, 5) is 41.3. The fourth-order valence-electron chi connectivity index (χ4n) is 4.65. The van der Waals surface area contributed by atoms with Crippen LogP contribution in [0.2, 0.25) is 0 Å². The Morgan fingerprint density at radius 3 is 2.18 bits per heavy atom. The molecule has 0 spiro atoms. The van der Waals surface area contributed by atoms with Crippen LogP contribution in [0.1, 0.15) is 96.0 Å². The van der Waals surface area contributed by atoms with E-state index in [0.29, 0.717) is 37.3 Å². The first kappa shape index (κ1) is 36.5. The molecule has 244 valence electrons. The number of nitrogens with zero attached hydrogens (tertiary/aromatic N) is 1. The molecule has 10 heteroatoms. The molecular weight excluding hydrogens is 558 g/mol. The minimum absolute atomic E-state index is 0.0528. The van der Waals surface area contributed by atoms with Crippen LogP contribution in [0, 0.1) is 0 Å². The molecule has 1 atom stereocenters. The first-order chi connectivity index (χ1) is 21.5. The van der Waals surface area contributed by atoms with Crippen molar-refractivity contribution in [2.45, 2.75) is 103 Å². The number of amides is 3. The van der Waals surface area contributed by atoms with E-state index in [0.717, 1.165) is 24.9 Å². The Morgan fingerprint density at radius 2 is 1.52 bits per heavy atom. The lowest BCUT2D eigenvalue weighted by Crippen LogP contribution is -2.51. The lowest BCUT2D eigenvalue weighted by molar-refractivity contribution is -0.128. The highest BCUT2D eigenvalue weighted by Gasteiger charge is 2.20. The van der Waals surface area contributed by atoms with Gasteiger partial charge in [0.1, 0.15) is 5.75 Å². The number of nitrogens with one attached hydrogen (secondary N) is 4. The predicted octanol–water partition coefficient (Wildman–Crippen LogP) is 4.87. The fourth-order valence-corrected chi connectivity index (χ4v) is 4.65. The summed E-state index contributed by atoms with van der Waals surface area (Å²) >= 11 is 0. The second-order valence-corrected chi connectivity index (χ2v) is 11.0. The lowest BCUT2D eigenvalue weighted by Gasteiger charge is -2.21. The van der Waals surface area contributed by atoms with Crippen molar-refractivity contribution in [2.24, 2.45) is 0 Å². The summed E-state index contributed by atoms with van der Waals surface area (Å²) in [5.41, 5.74) is 1.54. The molecule has 1 aromatic heterocycles. The van der Waals surface area contributed by atoms with Crippen molar-refractivity contribution in [3.8, 4) is 5.75 Å². The van der Waals surface area contributed by atoms with E-state index in [1.807, 2.05) is 12.1 Å². The SMILES string of the molecule is CCCCCCCCCCCCNC(=O)CCCOc1ccc(NC(NC(=O)CCc2cccnc2)C(=O)NCCO)cc1. The Balaban J connectivity index is 1.63. The summed E-state index contributed by atoms with van der Waals surface area (Å²) < 4.78 is 5.78. The second kappa shape index (κ2) is 23.8. The summed E-state index contributed by atoms with van der Waals surface area (Å²) in [6, 6.07) is 10.7. The molecule has 10 nitrogen and oxygen atoms in total. The molecule has 0 aliphatic carbocycles. The number of aryl methyl sites for hydroxylation is 1. The number of aromatic nitrogens is 1. The molecule has 1 unspecified atom stereocenters. The molecule has 1 aromatic carbocycles. The van der Waals surface area contributed by atoms with Gasteiger partial charge in [0.25, 0.3) is 5.91 Å². The Hall–Kier alpha value is -3.66. The highest BCUT2D eigenvalue weighted by molar-refractivity contribution is 5.89. The van der Waals surface area contributed by atoms with Crippen LogP contribution in [0.25, 0.3) is 0 Å². The molecular formula is C34H53N5O5. The maximum Gasteiger partial charge on any atom is 0.263 e. The number of aliphatic hydroxyl groups is 1. The first-order valence-corrected chi connectivity index (χ1v) is 16.3. The Kier molecular flexibility index (Phi) is 19.7. The van der Waals surface area contributed by atoms with Crippen LogP contribution in [-0.4, -0.2) is 60.3 Å². The van der Waals surface area contributed by atoms with Gasteiger partial charge in [-0.25, -0.2) is 0 Å². The van der Waals surface area contributed by atoms with Gasteiger partial charge in [-0.3, -0.25) is 19.4 Å². The van der Waals surface area contributed by atoms with Crippen molar-refractivity contribution >= 4 is 23.4 Å². The van der Waals surface area contributed by atoms with E-state index in [2.05, 4.69) is 33.2 Å². The van der Waals surface area contributed by atoms with Crippen molar-refractivity contribution in [1.29, 1.82) is 0 Å². The smallest absolute Gasteiger partial charge is 0.263 e. The molecule has 44 heavy (non-hydrogen) atoms. The van der Waals surface area contributed by atoms with Gasteiger partial charge in [0, 0.05) is 44.0 Å². The molecule has 5 N–H and O–H groups in total. The number of anilines is 1. The molecule has 0 bridgehead atoms. The van der Waals surface area contributed by atoms with E-state index >= 15 is 0 Å². The lowest BCUT2D eigenvalue weighted by atomic mass is 10.1. The molecule has 1 heterocycles. The third kappa shape index (κ3) is 17.5. The maximum atomic E-state index is 12.6. The molecule has 0 aliphatic rings. The molecule has 0 saturated heterocycles. The van der Waals surface area contributed by atoms with Gasteiger partial charge in [0.15, 0.2) is 6.17 Å². The van der Waals surface area contributed by atoms with Gasteiger partial charge in [-0.15, -0.1) is 0 Å².